The normalized spacial score (nSPS) is 25.0. The van der Waals surface area contributed by atoms with Crippen molar-refractivity contribution in [1.82, 2.24) is 5.32 Å². The van der Waals surface area contributed by atoms with Gasteiger partial charge < -0.3 is 42.6 Å². The molecule has 6 atom stereocenters. The average Bonchev–Trinajstić information content (AvgIpc) is 3.42. The first-order valence-corrected chi connectivity index (χ1v) is 20.7. The van der Waals surface area contributed by atoms with Crippen LogP contribution in [0.15, 0.2) is 63.8 Å². The van der Waals surface area contributed by atoms with Crippen LogP contribution in [0.5, 0.6) is 5.75 Å². The van der Waals surface area contributed by atoms with Gasteiger partial charge in [0.25, 0.3) is 0 Å². The Labute approximate surface area is 310 Å². The van der Waals surface area contributed by atoms with Gasteiger partial charge in [-0.25, -0.2) is 9.59 Å². The molecule has 14 heteroatoms. The van der Waals surface area contributed by atoms with E-state index in [4.69, 9.17) is 37.3 Å². The van der Waals surface area contributed by atoms with Crippen LogP contribution < -0.4 is 15.7 Å². The zero-order chi connectivity index (χ0) is 38.9. The van der Waals surface area contributed by atoms with Gasteiger partial charge in [0.2, 0.25) is 5.91 Å². The van der Waals surface area contributed by atoms with Crippen LogP contribution in [0, 0.1) is 6.92 Å². The van der Waals surface area contributed by atoms with Crippen molar-refractivity contribution < 1.29 is 51.6 Å². The smallest absolute Gasteiger partial charge is 0.380 e. The first-order valence-electron chi connectivity index (χ1n) is 17.7. The maximum Gasteiger partial charge on any atom is 0.380 e. The summed E-state index contributed by atoms with van der Waals surface area (Å²) < 4.78 is 49.9. The van der Waals surface area contributed by atoms with E-state index >= 15 is 0 Å². The number of carbonyl (C=O) groups excluding carboxylic acids is 3. The maximum absolute atomic E-state index is 14.7. The van der Waals surface area contributed by atoms with Crippen LogP contribution in [0.1, 0.15) is 66.0 Å². The van der Waals surface area contributed by atoms with Crippen LogP contribution >= 0.6 is 0 Å². The van der Waals surface area contributed by atoms with E-state index in [-0.39, 0.29) is 36.0 Å². The second kappa shape index (κ2) is 15.3. The van der Waals surface area contributed by atoms with E-state index in [2.05, 4.69) is 26.1 Å². The predicted molar refractivity (Wildman–Crippen MR) is 196 cm³/mol. The Hall–Kier alpha value is -4.08. The minimum atomic E-state index is -2.67. The molecule has 1 amide bonds. The molecule has 3 heterocycles. The molecule has 2 aromatic carbocycles. The van der Waals surface area contributed by atoms with Gasteiger partial charge in [-0.15, -0.1) is 0 Å². The average molecular weight is 754 g/mol. The number of hydrogen-bond acceptors (Lipinski definition) is 12. The van der Waals surface area contributed by atoms with Crippen LogP contribution in [0.2, 0.25) is 18.1 Å². The summed E-state index contributed by atoms with van der Waals surface area (Å²) in [5.41, 5.74) is 1.09. The zero-order valence-corrected chi connectivity index (χ0v) is 33.1. The first kappa shape index (κ1) is 40.1. The fourth-order valence-corrected chi connectivity index (χ4v) is 7.69. The van der Waals surface area contributed by atoms with Crippen molar-refractivity contribution >= 4 is 37.1 Å². The summed E-state index contributed by atoms with van der Waals surface area (Å²) in [5.74, 6) is -5.11. The fraction of sp³-hybridized carbons (Fsp3) is 0.538. The van der Waals surface area contributed by atoms with Crippen molar-refractivity contribution in [3.8, 4) is 5.75 Å². The Morgan fingerprint density at radius 3 is 2.32 bits per heavy atom. The summed E-state index contributed by atoms with van der Waals surface area (Å²) in [6.45, 7) is 18.0. The zero-order valence-electron chi connectivity index (χ0n) is 32.1. The molecule has 0 saturated carbocycles. The quantitative estimate of drug-likeness (QED) is 0.145. The van der Waals surface area contributed by atoms with Gasteiger partial charge >= 0.3 is 23.4 Å². The van der Waals surface area contributed by atoms with Gasteiger partial charge in [-0.1, -0.05) is 51.1 Å². The monoisotopic (exact) mass is 753 g/mol. The van der Waals surface area contributed by atoms with Crippen LogP contribution in [-0.4, -0.2) is 74.8 Å². The maximum atomic E-state index is 14.7. The standard InChI is InChI=1S/C39H51NO12Si/c1-23-18-32(43)48-29-19-27(16-17-28(23)29)49-39(36(44)45-21-26-14-12-11-13-15-26)20-30(52-53(9,10)37(4,5)6)33(40-24(2)41)35(51-39)34(47-25(3)42)31-22-46-38(7,8)50-31/h11-19,30-31,33-35H,20-22H2,1-10H3,(H,40,41)/t30-,31+,33+,34+,35+,39+/m0/s1. The topological polar surface area (TPSA) is 158 Å². The lowest BCUT2D eigenvalue weighted by Gasteiger charge is -2.51. The number of hydrogen-bond donors (Lipinski definition) is 1. The highest BCUT2D eigenvalue weighted by molar-refractivity contribution is 6.74. The molecule has 2 saturated heterocycles. The summed E-state index contributed by atoms with van der Waals surface area (Å²) in [5, 5.41) is 3.35. The lowest BCUT2D eigenvalue weighted by molar-refractivity contribution is -0.288. The Balaban J connectivity index is 1.69. The summed E-state index contributed by atoms with van der Waals surface area (Å²) in [7, 11) is -2.67. The number of aryl methyl sites for hydroxylation is 1. The lowest BCUT2D eigenvalue weighted by atomic mass is 9.88. The Morgan fingerprint density at radius 2 is 1.72 bits per heavy atom. The van der Waals surface area contributed by atoms with Crippen molar-refractivity contribution in [3.05, 3.63) is 76.1 Å². The van der Waals surface area contributed by atoms with Crippen molar-refractivity contribution in [2.45, 2.75) is 129 Å². The summed E-state index contributed by atoms with van der Waals surface area (Å²) >= 11 is 0. The first-order chi connectivity index (χ1) is 24.7. The molecule has 2 fully saturated rings. The number of esters is 2. The van der Waals surface area contributed by atoms with E-state index in [9.17, 15) is 19.2 Å². The molecule has 288 valence electrons. The number of amides is 1. The molecule has 0 unspecified atom stereocenters. The van der Waals surface area contributed by atoms with Crippen molar-refractivity contribution in [2.75, 3.05) is 6.61 Å². The molecular weight excluding hydrogens is 703 g/mol. The number of rotatable bonds is 11. The van der Waals surface area contributed by atoms with Gasteiger partial charge in [-0.3, -0.25) is 9.59 Å². The van der Waals surface area contributed by atoms with E-state index < -0.39 is 73.8 Å². The van der Waals surface area contributed by atoms with Gasteiger partial charge in [0.15, 0.2) is 20.2 Å². The van der Waals surface area contributed by atoms with E-state index in [1.165, 1.54) is 26.0 Å². The van der Waals surface area contributed by atoms with Crippen molar-refractivity contribution in [1.29, 1.82) is 0 Å². The second-order valence-electron chi connectivity index (χ2n) is 15.7. The third-order valence-corrected chi connectivity index (χ3v) is 14.4. The molecule has 0 radical (unpaired) electrons. The highest BCUT2D eigenvalue weighted by Gasteiger charge is 2.61. The molecular formula is C39H51NO12Si. The SMILES string of the molecule is CC(=O)N[C@H]1[C@H]([C@H](OC(C)=O)[C@H]2COC(C)(C)O2)O[C@@](Oc2ccc3c(C)cc(=O)oc3c2)(C(=O)OCc2ccccc2)C[C@@H]1O[Si](C)(C)C(C)(C)C. The highest BCUT2D eigenvalue weighted by Crippen LogP contribution is 2.44. The minimum absolute atomic E-state index is 0.0146. The second-order valence-corrected chi connectivity index (χ2v) is 20.5. The lowest BCUT2D eigenvalue weighted by Crippen LogP contribution is -2.71. The third kappa shape index (κ3) is 9.36. The van der Waals surface area contributed by atoms with E-state index in [0.29, 0.717) is 16.5 Å². The molecule has 3 aromatic rings. The molecule has 5 rings (SSSR count). The molecule has 13 nitrogen and oxygen atoms in total. The Bertz CT molecular complexity index is 1870. The third-order valence-electron chi connectivity index (χ3n) is 9.92. The number of fused-ring (bicyclic) bond motifs is 1. The number of carbonyl (C=O) groups is 3. The Kier molecular flexibility index (Phi) is 11.6. The van der Waals surface area contributed by atoms with Gasteiger partial charge in [0.05, 0.1) is 25.2 Å². The van der Waals surface area contributed by atoms with E-state index in [1.54, 1.807) is 32.9 Å². The van der Waals surface area contributed by atoms with Gasteiger partial charge in [0, 0.05) is 31.4 Å². The molecule has 2 aliphatic heterocycles. The number of ether oxygens (including phenoxy) is 6. The summed E-state index contributed by atoms with van der Waals surface area (Å²) in [4.78, 5) is 52.7. The minimum Gasteiger partial charge on any atom is -0.457 e. The fourth-order valence-electron chi connectivity index (χ4n) is 6.35. The predicted octanol–water partition coefficient (Wildman–Crippen LogP) is 5.69. The molecule has 1 aromatic heterocycles. The van der Waals surface area contributed by atoms with Crippen molar-refractivity contribution in [3.63, 3.8) is 0 Å². The number of benzene rings is 2. The van der Waals surface area contributed by atoms with Crippen LogP contribution in [-0.2, 0) is 49.1 Å². The molecule has 0 aliphatic carbocycles. The van der Waals surface area contributed by atoms with Crippen LogP contribution in [0.25, 0.3) is 11.0 Å². The highest BCUT2D eigenvalue weighted by atomic mass is 28.4. The molecule has 2 aliphatic rings. The number of nitrogens with one attached hydrogen (secondary N) is 1. The molecule has 0 bridgehead atoms. The largest absolute Gasteiger partial charge is 0.457 e. The summed E-state index contributed by atoms with van der Waals surface area (Å²) in [6.07, 6.45) is -4.57. The Morgan fingerprint density at radius 1 is 1.02 bits per heavy atom. The van der Waals surface area contributed by atoms with Crippen molar-refractivity contribution in [2.24, 2.45) is 0 Å². The van der Waals surface area contributed by atoms with Crippen LogP contribution in [0.4, 0.5) is 0 Å². The van der Waals surface area contributed by atoms with Crippen LogP contribution in [0.3, 0.4) is 0 Å². The van der Waals surface area contributed by atoms with Gasteiger partial charge in [-0.05, 0) is 62.2 Å². The van der Waals surface area contributed by atoms with Gasteiger partial charge in [0.1, 0.15) is 30.1 Å². The summed E-state index contributed by atoms with van der Waals surface area (Å²) in [6, 6.07) is 14.4. The van der Waals surface area contributed by atoms with Gasteiger partial charge in [-0.2, -0.15) is 0 Å². The molecule has 53 heavy (non-hydrogen) atoms. The van der Waals surface area contributed by atoms with E-state index in [1.807, 2.05) is 43.4 Å². The molecule has 1 N–H and O–H groups in total. The molecule has 0 spiro atoms. The van der Waals surface area contributed by atoms with E-state index in [0.717, 1.165) is 0 Å².